The Balaban J connectivity index is 0.000000550. The molecule has 0 atom stereocenters. The van der Waals surface area contributed by atoms with Crippen LogP contribution in [0.1, 0.15) is 47.0 Å². The van der Waals surface area contributed by atoms with Crippen LogP contribution in [0.3, 0.4) is 0 Å². The van der Waals surface area contributed by atoms with Crippen molar-refractivity contribution in [1.82, 2.24) is 4.57 Å². The standard InChI is InChI=1S/C15H19N.C3H8/c1-3-4-7-13(2)12-16-11-10-14-8-5-6-9-15(14)16;1-3-2/h5-11H,3-4,12H2,1-2H3;3H2,1-2H3/b13-7+;. The van der Waals surface area contributed by atoms with Gasteiger partial charge in [-0.3, -0.25) is 0 Å². The number of nitrogens with zero attached hydrogens (tertiary/aromatic N) is 1. The zero-order chi connectivity index (χ0) is 14.1. The summed E-state index contributed by atoms with van der Waals surface area (Å²) in [5, 5.41) is 1.32. The van der Waals surface area contributed by atoms with Crippen LogP contribution in [-0.4, -0.2) is 4.57 Å². The zero-order valence-corrected chi connectivity index (χ0v) is 12.8. The highest BCUT2D eigenvalue weighted by atomic mass is 14.9. The van der Waals surface area contributed by atoms with Crippen molar-refractivity contribution < 1.29 is 0 Å². The molecular formula is C18H27N. The van der Waals surface area contributed by atoms with E-state index in [0.29, 0.717) is 0 Å². The molecule has 1 aromatic heterocycles. The summed E-state index contributed by atoms with van der Waals surface area (Å²) in [6.45, 7) is 9.69. The fourth-order valence-electron chi connectivity index (χ4n) is 2.00. The molecule has 0 amide bonds. The number of hydrogen-bond donors (Lipinski definition) is 0. The molecule has 0 N–H and O–H groups in total. The number of benzene rings is 1. The smallest absolute Gasteiger partial charge is 0.0483 e. The third-order valence-corrected chi connectivity index (χ3v) is 2.88. The summed E-state index contributed by atoms with van der Waals surface area (Å²) in [5.41, 5.74) is 2.77. The topological polar surface area (TPSA) is 4.93 Å². The SMILES string of the molecule is CCC.CCC/C=C(\C)Cn1ccc2ccccc21. The predicted octanol–water partition coefficient (Wildman–Crippen LogP) is 5.80. The van der Waals surface area contributed by atoms with E-state index in [0.717, 1.165) is 6.54 Å². The Morgan fingerprint density at radius 2 is 1.79 bits per heavy atom. The van der Waals surface area contributed by atoms with E-state index >= 15 is 0 Å². The van der Waals surface area contributed by atoms with Gasteiger partial charge < -0.3 is 4.57 Å². The largest absolute Gasteiger partial charge is 0.343 e. The van der Waals surface area contributed by atoms with Crippen molar-refractivity contribution in [3.05, 3.63) is 48.2 Å². The quantitative estimate of drug-likeness (QED) is 0.610. The maximum Gasteiger partial charge on any atom is 0.0483 e. The highest BCUT2D eigenvalue weighted by Gasteiger charge is 1.99. The van der Waals surface area contributed by atoms with Crippen molar-refractivity contribution in [2.24, 2.45) is 0 Å². The van der Waals surface area contributed by atoms with Gasteiger partial charge in [-0.1, -0.05) is 63.5 Å². The number of para-hydroxylation sites is 1. The molecule has 1 aromatic carbocycles. The van der Waals surface area contributed by atoms with Crippen LogP contribution >= 0.6 is 0 Å². The molecule has 0 aliphatic heterocycles. The molecule has 19 heavy (non-hydrogen) atoms. The van der Waals surface area contributed by atoms with Crippen LogP contribution in [0.5, 0.6) is 0 Å². The third kappa shape index (κ3) is 4.94. The molecule has 0 saturated heterocycles. The van der Waals surface area contributed by atoms with Crippen molar-refractivity contribution in [2.75, 3.05) is 0 Å². The first-order valence-electron chi connectivity index (χ1n) is 7.42. The van der Waals surface area contributed by atoms with Crippen molar-refractivity contribution >= 4 is 10.9 Å². The molecule has 2 aromatic rings. The number of allylic oxidation sites excluding steroid dienone is 2. The second-order valence-electron chi connectivity index (χ2n) is 5.05. The summed E-state index contributed by atoms with van der Waals surface area (Å²) in [5.74, 6) is 0. The second-order valence-corrected chi connectivity index (χ2v) is 5.05. The van der Waals surface area contributed by atoms with E-state index in [9.17, 15) is 0 Å². The predicted molar refractivity (Wildman–Crippen MR) is 86.6 cm³/mol. The molecular weight excluding hydrogens is 230 g/mol. The Bertz CT molecular complexity index is 505. The first-order chi connectivity index (χ1) is 9.22. The fraction of sp³-hybridized carbons (Fsp3) is 0.444. The third-order valence-electron chi connectivity index (χ3n) is 2.88. The molecule has 104 valence electrons. The van der Waals surface area contributed by atoms with E-state index in [2.05, 4.69) is 74.9 Å². The summed E-state index contributed by atoms with van der Waals surface area (Å²) in [6, 6.07) is 10.7. The van der Waals surface area contributed by atoms with Crippen molar-refractivity contribution in [3.63, 3.8) is 0 Å². The van der Waals surface area contributed by atoms with E-state index in [1.165, 1.54) is 35.7 Å². The first kappa shape index (κ1) is 15.6. The van der Waals surface area contributed by atoms with Gasteiger partial charge in [-0.25, -0.2) is 0 Å². The van der Waals surface area contributed by atoms with Gasteiger partial charge in [0.15, 0.2) is 0 Å². The number of aromatic nitrogens is 1. The van der Waals surface area contributed by atoms with Crippen LogP contribution in [0.2, 0.25) is 0 Å². The molecule has 0 aliphatic rings. The van der Waals surface area contributed by atoms with Crippen molar-refractivity contribution in [1.29, 1.82) is 0 Å². The maximum atomic E-state index is 2.34. The molecule has 0 aliphatic carbocycles. The van der Waals surface area contributed by atoms with Crippen LogP contribution < -0.4 is 0 Å². The highest BCUT2D eigenvalue weighted by Crippen LogP contribution is 2.16. The molecule has 1 heteroatoms. The molecule has 0 spiro atoms. The van der Waals surface area contributed by atoms with E-state index in [1.54, 1.807) is 0 Å². The highest BCUT2D eigenvalue weighted by molar-refractivity contribution is 5.79. The minimum absolute atomic E-state index is 1.01. The van der Waals surface area contributed by atoms with Gasteiger partial charge in [0.25, 0.3) is 0 Å². The van der Waals surface area contributed by atoms with Crippen LogP contribution in [0.15, 0.2) is 48.2 Å². The summed E-state index contributed by atoms with van der Waals surface area (Å²) in [4.78, 5) is 0. The van der Waals surface area contributed by atoms with E-state index in [-0.39, 0.29) is 0 Å². The van der Waals surface area contributed by atoms with Gasteiger partial charge in [-0.05, 0) is 30.9 Å². The lowest BCUT2D eigenvalue weighted by Gasteiger charge is -2.05. The van der Waals surface area contributed by atoms with Gasteiger partial charge >= 0.3 is 0 Å². The summed E-state index contributed by atoms with van der Waals surface area (Å²) in [7, 11) is 0. The Morgan fingerprint density at radius 3 is 2.47 bits per heavy atom. The number of unbranched alkanes of at least 4 members (excludes halogenated alkanes) is 1. The Kier molecular flexibility index (Phi) is 7.02. The maximum absolute atomic E-state index is 2.34. The Morgan fingerprint density at radius 1 is 1.11 bits per heavy atom. The van der Waals surface area contributed by atoms with Gasteiger partial charge in [0, 0.05) is 18.3 Å². The Labute approximate surface area is 117 Å². The van der Waals surface area contributed by atoms with Crippen LogP contribution in [0.4, 0.5) is 0 Å². The monoisotopic (exact) mass is 257 g/mol. The first-order valence-corrected chi connectivity index (χ1v) is 7.42. The zero-order valence-electron chi connectivity index (χ0n) is 12.8. The molecule has 0 radical (unpaired) electrons. The van der Waals surface area contributed by atoms with Crippen LogP contribution in [-0.2, 0) is 6.54 Å². The summed E-state index contributed by atoms with van der Waals surface area (Å²) in [6.07, 6.45) is 8.18. The second kappa shape index (κ2) is 8.58. The van der Waals surface area contributed by atoms with E-state index in [4.69, 9.17) is 0 Å². The lowest BCUT2D eigenvalue weighted by Crippen LogP contribution is -1.96. The minimum atomic E-state index is 1.01. The van der Waals surface area contributed by atoms with Gasteiger partial charge in [0.05, 0.1) is 0 Å². The summed E-state index contributed by atoms with van der Waals surface area (Å²) < 4.78 is 2.32. The number of fused-ring (bicyclic) bond motifs is 1. The molecule has 0 saturated carbocycles. The van der Waals surface area contributed by atoms with Crippen LogP contribution in [0.25, 0.3) is 10.9 Å². The van der Waals surface area contributed by atoms with Crippen molar-refractivity contribution in [3.8, 4) is 0 Å². The van der Waals surface area contributed by atoms with E-state index < -0.39 is 0 Å². The molecule has 0 bridgehead atoms. The van der Waals surface area contributed by atoms with Gasteiger partial charge in [0.1, 0.15) is 0 Å². The Hall–Kier alpha value is -1.50. The number of rotatable bonds is 4. The average molecular weight is 257 g/mol. The van der Waals surface area contributed by atoms with E-state index in [1.807, 2.05) is 0 Å². The minimum Gasteiger partial charge on any atom is -0.343 e. The lowest BCUT2D eigenvalue weighted by atomic mass is 10.2. The van der Waals surface area contributed by atoms with Gasteiger partial charge in [-0.2, -0.15) is 0 Å². The van der Waals surface area contributed by atoms with Crippen LogP contribution in [0, 0.1) is 0 Å². The fourth-order valence-corrected chi connectivity index (χ4v) is 2.00. The summed E-state index contributed by atoms with van der Waals surface area (Å²) >= 11 is 0. The molecule has 1 nitrogen and oxygen atoms in total. The molecule has 0 fully saturated rings. The normalized spacial score (nSPS) is 11.3. The number of hydrogen-bond acceptors (Lipinski definition) is 0. The molecule has 1 heterocycles. The molecule has 0 unspecified atom stereocenters. The lowest BCUT2D eigenvalue weighted by molar-refractivity contribution is 0.806. The van der Waals surface area contributed by atoms with Gasteiger partial charge in [-0.15, -0.1) is 0 Å². The molecule has 2 rings (SSSR count). The average Bonchev–Trinajstić information content (AvgIpc) is 2.81. The van der Waals surface area contributed by atoms with Crippen molar-refractivity contribution in [2.45, 2.75) is 53.5 Å². The van der Waals surface area contributed by atoms with Gasteiger partial charge in [0.2, 0.25) is 0 Å².